The van der Waals surface area contributed by atoms with Crippen LogP contribution in [0.25, 0.3) is 11.3 Å². The van der Waals surface area contributed by atoms with Gasteiger partial charge >= 0.3 is 0 Å². The van der Waals surface area contributed by atoms with E-state index in [9.17, 15) is 4.79 Å². The highest BCUT2D eigenvalue weighted by Crippen LogP contribution is 2.31. The van der Waals surface area contributed by atoms with Crippen LogP contribution in [0.4, 0.5) is 5.13 Å². The molecule has 1 saturated heterocycles. The fourth-order valence-corrected chi connectivity index (χ4v) is 3.64. The van der Waals surface area contributed by atoms with Crippen molar-refractivity contribution in [1.29, 1.82) is 0 Å². The summed E-state index contributed by atoms with van der Waals surface area (Å²) in [7, 11) is 0. The number of benzene rings is 1. The van der Waals surface area contributed by atoms with Crippen molar-refractivity contribution in [3.8, 4) is 17.0 Å². The summed E-state index contributed by atoms with van der Waals surface area (Å²) < 4.78 is 11.0. The third-order valence-electron chi connectivity index (χ3n) is 4.06. The van der Waals surface area contributed by atoms with Crippen molar-refractivity contribution in [3.05, 3.63) is 29.1 Å². The molecule has 2 N–H and O–H groups in total. The molecule has 3 rings (SSSR count). The molecule has 6 nitrogen and oxygen atoms in total. The molecule has 2 atom stereocenters. The minimum Gasteiger partial charge on any atom is -0.494 e. The highest BCUT2D eigenvalue weighted by Gasteiger charge is 2.29. The second-order valence-corrected chi connectivity index (χ2v) is 7.08. The van der Waals surface area contributed by atoms with Gasteiger partial charge in [-0.2, -0.15) is 0 Å². The topological polar surface area (TPSA) is 72.5 Å². The Balaban J connectivity index is 1.72. The largest absolute Gasteiger partial charge is 0.494 e. The summed E-state index contributed by atoms with van der Waals surface area (Å²) in [5.41, 5.74) is 1.88. The molecule has 2 aromatic rings. The van der Waals surface area contributed by atoms with E-state index in [1.54, 1.807) is 0 Å². The number of carbonyl (C=O) groups is 1. The van der Waals surface area contributed by atoms with Crippen LogP contribution in [0.2, 0.25) is 0 Å². The lowest BCUT2D eigenvalue weighted by molar-refractivity contribution is -0.123. The van der Waals surface area contributed by atoms with Gasteiger partial charge < -0.3 is 20.1 Å². The molecule has 1 aliphatic heterocycles. The van der Waals surface area contributed by atoms with Gasteiger partial charge in [-0.3, -0.25) is 4.79 Å². The van der Waals surface area contributed by atoms with Crippen LogP contribution >= 0.6 is 11.3 Å². The maximum Gasteiger partial charge on any atom is 0.245 e. The number of carbonyl (C=O) groups excluding carboxylic acids is 1. The fraction of sp³-hybridized carbons (Fsp3) is 0.444. The molecule has 1 aromatic carbocycles. The zero-order chi connectivity index (χ0) is 17.8. The van der Waals surface area contributed by atoms with Gasteiger partial charge in [0.25, 0.3) is 0 Å². The molecule has 1 fully saturated rings. The number of morpholine rings is 1. The maximum atomic E-state index is 12.4. The van der Waals surface area contributed by atoms with Gasteiger partial charge in [0, 0.05) is 17.0 Å². The van der Waals surface area contributed by atoms with Gasteiger partial charge in [0.15, 0.2) is 5.13 Å². The smallest absolute Gasteiger partial charge is 0.245 e. The summed E-state index contributed by atoms with van der Waals surface area (Å²) in [5, 5.41) is 6.69. The van der Waals surface area contributed by atoms with Crippen LogP contribution in [-0.2, 0) is 9.53 Å². The number of nitrogens with one attached hydrogen (secondary N) is 2. The minimum absolute atomic E-state index is 0.112. The van der Waals surface area contributed by atoms with Gasteiger partial charge in [0.05, 0.1) is 25.0 Å². The van der Waals surface area contributed by atoms with E-state index in [4.69, 9.17) is 9.47 Å². The lowest BCUT2D eigenvalue weighted by Crippen LogP contribution is -2.53. The van der Waals surface area contributed by atoms with Crippen LogP contribution in [-0.4, -0.2) is 42.8 Å². The standard InChI is InChI=1S/C18H23N3O3S/c1-4-23-14-7-5-13(6-8-14)16-12(3)25-18(20-16)21-17(22)15-11(2)24-10-9-19-15/h5-8,11,15,19H,4,9-10H2,1-3H3,(H,20,21,22)/t11-,15+/m1/s1. The van der Waals surface area contributed by atoms with Crippen molar-refractivity contribution in [2.75, 3.05) is 25.1 Å². The lowest BCUT2D eigenvalue weighted by Gasteiger charge is -2.28. The predicted molar refractivity (Wildman–Crippen MR) is 99.3 cm³/mol. The highest BCUT2D eigenvalue weighted by atomic mass is 32.1. The third-order valence-corrected chi connectivity index (χ3v) is 4.95. The first-order valence-electron chi connectivity index (χ1n) is 8.45. The van der Waals surface area contributed by atoms with E-state index in [-0.39, 0.29) is 18.1 Å². The van der Waals surface area contributed by atoms with Gasteiger partial charge in [-0.15, -0.1) is 11.3 Å². The Hall–Kier alpha value is -1.96. The second kappa shape index (κ2) is 7.95. The Kier molecular flexibility index (Phi) is 5.67. The molecule has 134 valence electrons. The normalized spacial score (nSPS) is 20.3. The fourth-order valence-electron chi connectivity index (χ4n) is 2.80. The van der Waals surface area contributed by atoms with Gasteiger partial charge in [0.1, 0.15) is 11.8 Å². The number of hydrogen-bond donors (Lipinski definition) is 2. The van der Waals surface area contributed by atoms with E-state index in [1.807, 2.05) is 45.0 Å². The van der Waals surface area contributed by atoms with E-state index < -0.39 is 0 Å². The summed E-state index contributed by atoms with van der Waals surface area (Å²) in [6, 6.07) is 7.47. The van der Waals surface area contributed by atoms with Crippen LogP contribution in [0.3, 0.4) is 0 Å². The summed E-state index contributed by atoms with van der Waals surface area (Å²) in [6.07, 6.45) is -0.152. The molecule has 1 aromatic heterocycles. The first-order chi connectivity index (χ1) is 12.1. The second-order valence-electron chi connectivity index (χ2n) is 5.88. The Morgan fingerprint density at radius 1 is 1.44 bits per heavy atom. The van der Waals surface area contributed by atoms with Crippen LogP contribution in [0.15, 0.2) is 24.3 Å². The Morgan fingerprint density at radius 2 is 2.20 bits per heavy atom. The summed E-state index contributed by atoms with van der Waals surface area (Å²) in [5.74, 6) is 0.726. The number of anilines is 1. The summed E-state index contributed by atoms with van der Waals surface area (Å²) >= 11 is 1.47. The van der Waals surface area contributed by atoms with E-state index in [1.165, 1.54) is 11.3 Å². The van der Waals surface area contributed by atoms with E-state index in [0.717, 1.165) is 21.9 Å². The van der Waals surface area contributed by atoms with E-state index in [2.05, 4.69) is 15.6 Å². The molecule has 0 spiro atoms. The van der Waals surface area contributed by atoms with Crippen LogP contribution in [0, 0.1) is 6.92 Å². The molecule has 0 aliphatic carbocycles. The van der Waals surface area contributed by atoms with Crippen molar-refractivity contribution < 1.29 is 14.3 Å². The quantitative estimate of drug-likeness (QED) is 0.857. The Bertz CT molecular complexity index is 730. The average Bonchev–Trinajstić information content (AvgIpc) is 2.96. The third kappa shape index (κ3) is 4.18. The first kappa shape index (κ1) is 17.8. The number of thiazole rings is 1. The Morgan fingerprint density at radius 3 is 2.88 bits per heavy atom. The van der Waals surface area contributed by atoms with Crippen molar-refractivity contribution in [2.24, 2.45) is 0 Å². The monoisotopic (exact) mass is 361 g/mol. The number of amides is 1. The molecule has 0 bridgehead atoms. The zero-order valence-corrected chi connectivity index (χ0v) is 15.5. The number of aromatic nitrogens is 1. The maximum absolute atomic E-state index is 12.4. The lowest BCUT2D eigenvalue weighted by atomic mass is 10.1. The van der Waals surface area contributed by atoms with Gasteiger partial charge in [-0.1, -0.05) is 0 Å². The van der Waals surface area contributed by atoms with Crippen molar-refractivity contribution in [2.45, 2.75) is 32.9 Å². The summed E-state index contributed by atoms with van der Waals surface area (Å²) in [4.78, 5) is 18.1. The Labute approximate surface area is 151 Å². The van der Waals surface area contributed by atoms with Gasteiger partial charge in [0.2, 0.25) is 5.91 Å². The van der Waals surface area contributed by atoms with Crippen LogP contribution in [0.1, 0.15) is 18.7 Å². The van der Waals surface area contributed by atoms with Crippen LogP contribution < -0.4 is 15.4 Å². The SMILES string of the molecule is CCOc1ccc(-c2nc(NC(=O)[C@H]3NCCO[C@@H]3C)sc2C)cc1. The van der Waals surface area contributed by atoms with Gasteiger partial charge in [-0.05, 0) is 45.0 Å². The number of nitrogens with zero attached hydrogens (tertiary/aromatic N) is 1. The molecule has 0 unspecified atom stereocenters. The molecular weight excluding hydrogens is 338 g/mol. The van der Waals surface area contributed by atoms with E-state index in [0.29, 0.717) is 24.9 Å². The minimum atomic E-state index is -0.355. The number of aryl methyl sites for hydroxylation is 1. The van der Waals surface area contributed by atoms with Crippen molar-refractivity contribution in [1.82, 2.24) is 10.3 Å². The summed E-state index contributed by atoms with van der Waals surface area (Å²) in [6.45, 7) is 7.81. The average molecular weight is 361 g/mol. The molecule has 2 heterocycles. The highest BCUT2D eigenvalue weighted by molar-refractivity contribution is 7.16. The molecule has 0 saturated carbocycles. The number of hydrogen-bond acceptors (Lipinski definition) is 6. The predicted octanol–water partition coefficient (Wildman–Crippen LogP) is 2.83. The molecule has 7 heteroatoms. The molecule has 0 radical (unpaired) electrons. The van der Waals surface area contributed by atoms with Crippen molar-refractivity contribution >= 4 is 22.4 Å². The first-order valence-corrected chi connectivity index (χ1v) is 9.26. The van der Waals surface area contributed by atoms with E-state index >= 15 is 0 Å². The molecule has 25 heavy (non-hydrogen) atoms. The number of ether oxygens (including phenoxy) is 2. The van der Waals surface area contributed by atoms with Crippen molar-refractivity contribution in [3.63, 3.8) is 0 Å². The van der Waals surface area contributed by atoms with Crippen LogP contribution in [0.5, 0.6) is 5.75 Å². The molecule has 1 amide bonds. The molecule has 1 aliphatic rings. The molecular formula is C18H23N3O3S. The number of rotatable bonds is 5. The zero-order valence-electron chi connectivity index (χ0n) is 14.7. The van der Waals surface area contributed by atoms with Gasteiger partial charge in [-0.25, -0.2) is 4.98 Å².